The Morgan fingerprint density at radius 2 is 1.79 bits per heavy atom. The summed E-state index contributed by atoms with van der Waals surface area (Å²) in [6, 6.07) is 12.6. The van der Waals surface area contributed by atoms with E-state index in [1.165, 1.54) is 12.1 Å². The van der Waals surface area contributed by atoms with E-state index in [1.807, 2.05) is 31.2 Å². The molecule has 1 fully saturated rings. The quantitative estimate of drug-likeness (QED) is 0.710. The lowest BCUT2D eigenvalue weighted by Crippen LogP contribution is -2.36. The number of fused-ring (bicyclic) bond motifs is 1. The summed E-state index contributed by atoms with van der Waals surface area (Å²) < 4.78 is 44.6. The maximum absolute atomic E-state index is 12.9. The van der Waals surface area contributed by atoms with E-state index in [1.54, 1.807) is 6.07 Å². The van der Waals surface area contributed by atoms with Crippen LogP contribution >= 0.6 is 0 Å². The number of nitrogens with zero attached hydrogens (tertiary/aromatic N) is 1. The maximum Gasteiger partial charge on any atom is 0.240 e. The molecule has 0 saturated carbocycles. The van der Waals surface area contributed by atoms with Gasteiger partial charge in [-0.1, -0.05) is 12.1 Å². The van der Waals surface area contributed by atoms with Crippen molar-refractivity contribution in [2.24, 2.45) is 0 Å². The SMILES string of the molecule is CCOc1ccc(C(CNS(=O)(=O)c2ccc3c(c2)OCO3)N2CCCC2)cc1. The van der Waals surface area contributed by atoms with Gasteiger partial charge in [-0.25, -0.2) is 13.1 Å². The highest BCUT2D eigenvalue weighted by atomic mass is 32.2. The third-order valence-corrected chi connectivity index (χ3v) is 6.70. The van der Waals surface area contributed by atoms with Gasteiger partial charge in [0.05, 0.1) is 11.5 Å². The summed E-state index contributed by atoms with van der Waals surface area (Å²) in [6.45, 7) is 4.90. The second kappa shape index (κ2) is 8.61. The number of ether oxygens (including phenoxy) is 3. The second-order valence-corrected chi connectivity index (χ2v) is 8.89. The fourth-order valence-corrected chi connectivity index (χ4v) is 4.83. The molecule has 2 aromatic carbocycles. The highest BCUT2D eigenvalue weighted by molar-refractivity contribution is 7.89. The Hall–Kier alpha value is -2.29. The number of sulfonamides is 1. The van der Waals surface area contributed by atoms with E-state index < -0.39 is 10.0 Å². The zero-order valence-electron chi connectivity index (χ0n) is 16.5. The fraction of sp³-hybridized carbons (Fsp3) is 0.429. The molecule has 1 atom stereocenters. The van der Waals surface area contributed by atoms with Gasteiger partial charge in [0.25, 0.3) is 0 Å². The van der Waals surface area contributed by atoms with Gasteiger partial charge in [-0.2, -0.15) is 0 Å². The van der Waals surface area contributed by atoms with E-state index in [4.69, 9.17) is 14.2 Å². The molecule has 0 spiro atoms. The summed E-state index contributed by atoms with van der Waals surface area (Å²) in [5.41, 5.74) is 1.07. The van der Waals surface area contributed by atoms with Crippen molar-refractivity contribution in [3.05, 3.63) is 48.0 Å². The Morgan fingerprint density at radius 1 is 1.07 bits per heavy atom. The molecule has 2 aromatic rings. The van der Waals surface area contributed by atoms with E-state index in [9.17, 15) is 8.42 Å². The molecule has 1 N–H and O–H groups in total. The first-order valence-corrected chi connectivity index (χ1v) is 11.4. The molecule has 4 rings (SSSR count). The Labute approximate surface area is 171 Å². The van der Waals surface area contributed by atoms with Crippen LogP contribution in [0.3, 0.4) is 0 Å². The Kier molecular flexibility index (Phi) is 5.94. The lowest BCUT2D eigenvalue weighted by molar-refractivity contribution is 0.174. The van der Waals surface area contributed by atoms with Crippen LogP contribution in [0.4, 0.5) is 0 Å². The monoisotopic (exact) mass is 418 g/mol. The number of hydrogen-bond acceptors (Lipinski definition) is 6. The lowest BCUT2D eigenvalue weighted by atomic mass is 10.1. The summed E-state index contributed by atoms with van der Waals surface area (Å²) in [5, 5.41) is 0. The molecule has 2 heterocycles. The number of nitrogens with one attached hydrogen (secondary N) is 1. The highest BCUT2D eigenvalue weighted by Gasteiger charge is 2.26. The van der Waals surface area contributed by atoms with E-state index in [0.717, 1.165) is 37.2 Å². The molecule has 1 saturated heterocycles. The molecule has 0 radical (unpaired) electrons. The Bertz CT molecular complexity index is 940. The van der Waals surface area contributed by atoms with Crippen LogP contribution in [-0.4, -0.2) is 46.4 Å². The summed E-state index contributed by atoms with van der Waals surface area (Å²) in [7, 11) is -3.67. The molecule has 0 amide bonds. The number of hydrogen-bond donors (Lipinski definition) is 1. The number of rotatable bonds is 8. The van der Waals surface area contributed by atoms with Crippen molar-refractivity contribution in [2.75, 3.05) is 33.0 Å². The van der Waals surface area contributed by atoms with Crippen LogP contribution in [0.2, 0.25) is 0 Å². The van der Waals surface area contributed by atoms with Crippen LogP contribution in [0.1, 0.15) is 31.4 Å². The van der Waals surface area contributed by atoms with Gasteiger partial charge in [0.15, 0.2) is 11.5 Å². The predicted molar refractivity (Wildman–Crippen MR) is 109 cm³/mol. The molecule has 156 valence electrons. The normalized spacial score (nSPS) is 17.4. The summed E-state index contributed by atoms with van der Waals surface area (Å²) >= 11 is 0. The topological polar surface area (TPSA) is 77.1 Å². The van der Waals surface area contributed by atoms with Crippen molar-refractivity contribution < 1.29 is 22.6 Å². The van der Waals surface area contributed by atoms with Crippen molar-refractivity contribution in [3.8, 4) is 17.2 Å². The minimum Gasteiger partial charge on any atom is -0.494 e. The Balaban J connectivity index is 1.51. The molecule has 0 bridgehead atoms. The van der Waals surface area contributed by atoms with Gasteiger partial charge in [0.2, 0.25) is 16.8 Å². The van der Waals surface area contributed by atoms with Gasteiger partial charge in [-0.05, 0) is 62.7 Å². The smallest absolute Gasteiger partial charge is 0.240 e. The molecule has 7 nitrogen and oxygen atoms in total. The molecular weight excluding hydrogens is 392 g/mol. The van der Waals surface area contributed by atoms with Gasteiger partial charge in [0, 0.05) is 18.7 Å². The Morgan fingerprint density at radius 3 is 2.52 bits per heavy atom. The second-order valence-electron chi connectivity index (χ2n) is 7.13. The van der Waals surface area contributed by atoms with Crippen LogP contribution in [-0.2, 0) is 10.0 Å². The lowest BCUT2D eigenvalue weighted by Gasteiger charge is -2.28. The first kappa shape index (κ1) is 20.0. The van der Waals surface area contributed by atoms with Crippen molar-refractivity contribution in [2.45, 2.75) is 30.7 Å². The number of benzene rings is 2. The molecule has 2 aliphatic rings. The zero-order chi connectivity index (χ0) is 20.3. The van der Waals surface area contributed by atoms with Crippen molar-refractivity contribution in [3.63, 3.8) is 0 Å². The molecule has 2 aliphatic heterocycles. The minimum atomic E-state index is -3.67. The molecule has 8 heteroatoms. The predicted octanol–water partition coefficient (Wildman–Crippen LogP) is 2.93. The first-order valence-electron chi connectivity index (χ1n) is 9.93. The third-order valence-electron chi connectivity index (χ3n) is 5.28. The van der Waals surface area contributed by atoms with Gasteiger partial charge in [0.1, 0.15) is 5.75 Å². The van der Waals surface area contributed by atoms with Crippen molar-refractivity contribution in [1.82, 2.24) is 9.62 Å². The van der Waals surface area contributed by atoms with E-state index in [2.05, 4.69) is 9.62 Å². The van der Waals surface area contributed by atoms with E-state index >= 15 is 0 Å². The van der Waals surface area contributed by atoms with Crippen LogP contribution in [0.5, 0.6) is 17.2 Å². The molecule has 1 unspecified atom stereocenters. The minimum absolute atomic E-state index is 0.0306. The largest absolute Gasteiger partial charge is 0.494 e. The molecule has 0 aliphatic carbocycles. The van der Waals surface area contributed by atoms with Gasteiger partial charge >= 0.3 is 0 Å². The van der Waals surface area contributed by atoms with Crippen LogP contribution in [0, 0.1) is 0 Å². The highest BCUT2D eigenvalue weighted by Crippen LogP contribution is 2.34. The van der Waals surface area contributed by atoms with Crippen molar-refractivity contribution in [1.29, 1.82) is 0 Å². The van der Waals surface area contributed by atoms with E-state index in [0.29, 0.717) is 24.7 Å². The average molecular weight is 419 g/mol. The number of likely N-dealkylation sites (tertiary alicyclic amines) is 1. The van der Waals surface area contributed by atoms with Crippen LogP contribution in [0.15, 0.2) is 47.4 Å². The van der Waals surface area contributed by atoms with Gasteiger partial charge in [-0.15, -0.1) is 0 Å². The van der Waals surface area contributed by atoms with Gasteiger partial charge in [-0.3, -0.25) is 4.90 Å². The molecule has 29 heavy (non-hydrogen) atoms. The molecular formula is C21H26N2O5S. The molecule has 0 aromatic heterocycles. The fourth-order valence-electron chi connectivity index (χ4n) is 3.78. The van der Waals surface area contributed by atoms with Gasteiger partial charge < -0.3 is 14.2 Å². The maximum atomic E-state index is 12.9. The van der Waals surface area contributed by atoms with Crippen LogP contribution in [0.25, 0.3) is 0 Å². The summed E-state index contributed by atoms with van der Waals surface area (Å²) in [5.74, 6) is 1.83. The third kappa shape index (κ3) is 4.49. The van der Waals surface area contributed by atoms with Crippen molar-refractivity contribution >= 4 is 10.0 Å². The van der Waals surface area contributed by atoms with E-state index in [-0.39, 0.29) is 17.7 Å². The van der Waals surface area contributed by atoms with Crippen LogP contribution < -0.4 is 18.9 Å². The summed E-state index contributed by atoms with van der Waals surface area (Å²) in [6.07, 6.45) is 2.25. The zero-order valence-corrected chi connectivity index (χ0v) is 17.3. The summed E-state index contributed by atoms with van der Waals surface area (Å²) in [4.78, 5) is 2.51. The standard InChI is InChI=1S/C21H26N2O5S/c1-2-26-17-7-5-16(6-8-17)19(23-11-3-4-12-23)14-22-29(24,25)18-9-10-20-21(13-18)28-15-27-20/h5-10,13,19,22H,2-4,11-12,14-15H2,1H3. The average Bonchev–Trinajstić information content (AvgIpc) is 3.41. The first-order chi connectivity index (χ1) is 14.1.